The van der Waals surface area contributed by atoms with Crippen LogP contribution in [0.15, 0.2) is 0 Å². The topological polar surface area (TPSA) is 95.6 Å². The number of aryl methyl sites for hydroxylation is 2. The molecule has 0 amide bonds. The van der Waals surface area contributed by atoms with E-state index in [4.69, 9.17) is 15.6 Å². The van der Waals surface area contributed by atoms with Crippen LogP contribution in [0.5, 0.6) is 0 Å². The molecule has 0 saturated carbocycles. The predicted molar refractivity (Wildman–Crippen MR) is 109 cm³/mol. The number of carboxylic acid groups (broad SMARTS) is 1. The number of hydrogen-bond donors (Lipinski definition) is 2. The molecule has 5 rings (SSSR count). The van der Waals surface area contributed by atoms with Crippen molar-refractivity contribution in [2.75, 3.05) is 36.8 Å². The van der Waals surface area contributed by atoms with E-state index < -0.39 is 12.1 Å². The van der Waals surface area contributed by atoms with Crippen molar-refractivity contribution in [1.29, 1.82) is 0 Å². The van der Waals surface area contributed by atoms with Crippen LogP contribution in [-0.4, -0.2) is 64.3 Å². The van der Waals surface area contributed by atoms with Gasteiger partial charge in [0.05, 0.1) is 10.2 Å². The summed E-state index contributed by atoms with van der Waals surface area (Å²) in [5, 5.41) is 7.12. The Bertz CT molecular complexity index is 948. The molecule has 30 heavy (non-hydrogen) atoms. The number of halogens is 3. The Balaban J connectivity index is 0.000000272. The highest BCUT2D eigenvalue weighted by molar-refractivity contribution is 7.19. The largest absolute Gasteiger partial charge is 0.490 e. The maximum Gasteiger partial charge on any atom is 0.490 e. The quantitative estimate of drug-likeness (QED) is 0.699. The molecule has 164 valence electrons. The van der Waals surface area contributed by atoms with Crippen molar-refractivity contribution < 1.29 is 23.1 Å². The third-order valence-corrected chi connectivity index (χ3v) is 7.20. The van der Waals surface area contributed by atoms with Gasteiger partial charge in [0.25, 0.3) is 0 Å². The number of thiophene rings is 1. The first-order chi connectivity index (χ1) is 14.2. The van der Waals surface area contributed by atoms with Gasteiger partial charge < -0.3 is 15.7 Å². The van der Waals surface area contributed by atoms with Gasteiger partial charge in [-0.1, -0.05) is 0 Å². The van der Waals surface area contributed by atoms with E-state index in [0.29, 0.717) is 12.0 Å². The zero-order valence-corrected chi connectivity index (χ0v) is 17.2. The van der Waals surface area contributed by atoms with E-state index in [2.05, 4.69) is 19.8 Å². The zero-order valence-electron chi connectivity index (χ0n) is 16.4. The van der Waals surface area contributed by atoms with Gasteiger partial charge in [-0.3, -0.25) is 4.90 Å². The van der Waals surface area contributed by atoms with Crippen molar-refractivity contribution in [3.63, 3.8) is 0 Å². The van der Waals surface area contributed by atoms with Crippen LogP contribution in [0.3, 0.4) is 0 Å². The van der Waals surface area contributed by atoms with Gasteiger partial charge in [0.1, 0.15) is 0 Å². The first kappa shape index (κ1) is 21.1. The number of nitrogens with two attached hydrogens (primary N) is 1. The zero-order chi connectivity index (χ0) is 21.5. The highest BCUT2D eigenvalue weighted by atomic mass is 32.1. The minimum absolute atomic E-state index is 0.438. The van der Waals surface area contributed by atoms with Gasteiger partial charge >= 0.3 is 12.1 Å². The molecule has 0 aromatic carbocycles. The van der Waals surface area contributed by atoms with E-state index in [1.807, 2.05) is 11.3 Å². The number of fused-ring (bicyclic) bond motifs is 4. The minimum atomic E-state index is -5.08. The summed E-state index contributed by atoms with van der Waals surface area (Å²) >= 11 is 1.92. The third kappa shape index (κ3) is 4.18. The number of carboxylic acids is 1. The Kier molecular flexibility index (Phi) is 5.75. The van der Waals surface area contributed by atoms with Crippen molar-refractivity contribution in [1.82, 2.24) is 14.9 Å². The van der Waals surface area contributed by atoms with Crippen LogP contribution in [0.1, 0.15) is 36.1 Å². The fraction of sp³-hybridized carbons (Fsp3) is 0.632. The molecule has 0 spiro atoms. The summed E-state index contributed by atoms with van der Waals surface area (Å²) in [6, 6.07) is 0.699. The SMILES string of the molecule is Nc1nc(N2CCN3CCCC3C2)c2sc3c(c2n1)CCCC3.O=C(O)C(F)(F)F. The van der Waals surface area contributed by atoms with Gasteiger partial charge in [0.2, 0.25) is 5.95 Å². The molecule has 1 aliphatic carbocycles. The molecule has 3 aliphatic rings. The number of aliphatic carboxylic acids is 1. The van der Waals surface area contributed by atoms with Crippen molar-refractivity contribution in [2.24, 2.45) is 0 Å². The lowest BCUT2D eigenvalue weighted by Crippen LogP contribution is -2.50. The molecule has 0 radical (unpaired) electrons. The first-order valence-corrected chi connectivity index (χ1v) is 10.9. The van der Waals surface area contributed by atoms with Crippen molar-refractivity contribution in [3.05, 3.63) is 10.4 Å². The standard InChI is InChI=1S/C17H23N5S.C2HF3O2/c18-17-19-14-12-5-1-2-6-13(12)23-15(14)16(20-17)22-9-8-21-7-3-4-11(21)10-22;3-2(4,5)1(6)7/h11H,1-10H2,(H2,18,19,20);(H,6,7). The lowest BCUT2D eigenvalue weighted by atomic mass is 9.98. The Morgan fingerprint density at radius 1 is 1.13 bits per heavy atom. The molecule has 1 unspecified atom stereocenters. The molecule has 2 aliphatic heterocycles. The fourth-order valence-corrected chi connectivity index (χ4v) is 5.86. The summed E-state index contributed by atoms with van der Waals surface area (Å²) < 4.78 is 33.0. The highest BCUT2D eigenvalue weighted by Crippen LogP contribution is 2.40. The Hall–Kier alpha value is -2.14. The monoisotopic (exact) mass is 443 g/mol. The van der Waals surface area contributed by atoms with Crippen LogP contribution >= 0.6 is 11.3 Å². The number of hydrogen-bond acceptors (Lipinski definition) is 7. The molecule has 2 saturated heterocycles. The Morgan fingerprint density at radius 3 is 2.60 bits per heavy atom. The molecule has 2 aromatic rings. The Labute approximate surface area is 175 Å². The molecule has 4 heterocycles. The molecule has 2 aromatic heterocycles. The van der Waals surface area contributed by atoms with Crippen LogP contribution < -0.4 is 10.6 Å². The number of alkyl halides is 3. The van der Waals surface area contributed by atoms with Gasteiger partial charge in [0, 0.05) is 30.6 Å². The lowest BCUT2D eigenvalue weighted by molar-refractivity contribution is -0.192. The smallest absolute Gasteiger partial charge is 0.475 e. The number of carbonyl (C=O) groups is 1. The van der Waals surface area contributed by atoms with Crippen LogP contribution in [0.25, 0.3) is 10.2 Å². The maximum atomic E-state index is 10.6. The molecule has 3 N–H and O–H groups in total. The van der Waals surface area contributed by atoms with E-state index in [9.17, 15) is 13.2 Å². The van der Waals surface area contributed by atoms with Gasteiger partial charge in [0.15, 0.2) is 5.82 Å². The summed E-state index contributed by atoms with van der Waals surface area (Å²) in [7, 11) is 0. The Morgan fingerprint density at radius 2 is 1.87 bits per heavy atom. The summed E-state index contributed by atoms with van der Waals surface area (Å²) in [5.41, 5.74) is 8.67. The van der Waals surface area contributed by atoms with E-state index in [1.165, 1.54) is 53.8 Å². The van der Waals surface area contributed by atoms with Crippen molar-refractivity contribution in [2.45, 2.75) is 50.7 Å². The van der Waals surface area contributed by atoms with Crippen LogP contribution in [-0.2, 0) is 17.6 Å². The molecule has 0 bridgehead atoms. The van der Waals surface area contributed by atoms with Gasteiger partial charge in [-0.25, -0.2) is 9.78 Å². The number of nitrogen functional groups attached to an aromatic ring is 1. The van der Waals surface area contributed by atoms with Gasteiger partial charge in [-0.05, 0) is 50.6 Å². The summed E-state index contributed by atoms with van der Waals surface area (Å²) in [6.45, 7) is 4.58. The summed E-state index contributed by atoms with van der Waals surface area (Å²) in [4.78, 5) is 24.8. The third-order valence-electron chi connectivity index (χ3n) is 5.92. The molecular formula is C19H24F3N5O2S. The van der Waals surface area contributed by atoms with Gasteiger partial charge in [-0.2, -0.15) is 18.2 Å². The van der Waals surface area contributed by atoms with Gasteiger partial charge in [-0.15, -0.1) is 11.3 Å². The van der Waals surface area contributed by atoms with Crippen LogP contribution in [0.4, 0.5) is 24.9 Å². The second-order valence-electron chi connectivity index (χ2n) is 7.87. The number of aromatic nitrogens is 2. The van der Waals surface area contributed by atoms with E-state index in [0.717, 1.165) is 37.4 Å². The second-order valence-corrected chi connectivity index (χ2v) is 8.98. The van der Waals surface area contributed by atoms with Crippen molar-refractivity contribution >= 4 is 39.3 Å². The molecule has 7 nitrogen and oxygen atoms in total. The highest BCUT2D eigenvalue weighted by Gasteiger charge is 2.38. The molecule has 11 heteroatoms. The van der Waals surface area contributed by atoms with E-state index >= 15 is 0 Å². The fourth-order valence-electron chi connectivity index (χ4n) is 4.52. The average Bonchev–Trinajstić information content (AvgIpc) is 3.31. The minimum Gasteiger partial charge on any atom is -0.475 e. The second kappa shape index (κ2) is 8.18. The van der Waals surface area contributed by atoms with E-state index in [-0.39, 0.29) is 0 Å². The number of piperazine rings is 1. The normalized spacial score (nSPS) is 21.7. The lowest BCUT2D eigenvalue weighted by Gasteiger charge is -2.38. The van der Waals surface area contributed by atoms with Crippen LogP contribution in [0.2, 0.25) is 0 Å². The first-order valence-electron chi connectivity index (χ1n) is 10.1. The summed E-state index contributed by atoms with van der Waals surface area (Å²) in [5.74, 6) is -1.22. The number of rotatable bonds is 1. The molecule has 1 atom stereocenters. The maximum absolute atomic E-state index is 10.6. The predicted octanol–water partition coefficient (Wildman–Crippen LogP) is 3.07. The summed E-state index contributed by atoms with van der Waals surface area (Å²) in [6.07, 6.45) is 2.51. The van der Waals surface area contributed by atoms with Crippen LogP contribution in [0, 0.1) is 0 Å². The van der Waals surface area contributed by atoms with E-state index in [1.54, 1.807) is 0 Å². The molecular weight excluding hydrogens is 419 g/mol. The molecule has 2 fully saturated rings. The average molecular weight is 443 g/mol. The van der Waals surface area contributed by atoms with Crippen molar-refractivity contribution in [3.8, 4) is 0 Å². The number of anilines is 2. The number of nitrogens with zero attached hydrogens (tertiary/aromatic N) is 4.